The molecule has 0 saturated heterocycles. The van der Waals surface area contributed by atoms with Crippen LogP contribution in [0.25, 0.3) is 0 Å². The van der Waals surface area contributed by atoms with Crippen molar-refractivity contribution in [3.8, 4) is 0 Å². The van der Waals surface area contributed by atoms with E-state index in [-0.39, 0.29) is 0 Å². The normalized spacial score (nSPS) is 14.6. The first kappa shape index (κ1) is 11.9. The molecule has 0 aromatic rings. The molecule has 0 aromatic carbocycles. The molecule has 0 saturated carbocycles. The topological polar surface area (TPSA) is 46.2 Å². The van der Waals surface area contributed by atoms with Gasteiger partial charge in [0.05, 0.1) is 0 Å². The third-order valence-electron chi connectivity index (χ3n) is 1.97. The summed E-state index contributed by atoms with van der Waals surface area (Å²) >= 11 is 0. The van der Waals surface area contributed by atoms with Gasteiger partial charge >= 0.3 is 0 Å². The van der Waals surface area contributed by atoms with Crippen LogP contribution in [0.2, 0.25) is 0 Å². The molecule has 0 spiro atoms. The van der Waals surface area contributed by atoms with Gasteiger partial charge in [0.15, 0.2) is 0 Å². The fourth-order valence-electron chi connectivity index (χ4n) is 1.14. The second-order valence-corrected chi connectivity index (χ2v) is 5.43. The standard InChI is InChI=1S/C8H19NO2S/c1-4-8(9-2)6-5-7-12(3,10)11/h8-9H,4-7H2,1-3H3. The van der Waals surface area contributed by atoms with Gasteiger partial charge in [0.25, 0.3) is 0 Å². The monoisotopic (exact) mass is 193 g/mol. The number of rotatable bonds is 6. The molecular weight excluding hydrogens is 174 g/mol. The summed E-state index contributed by atoms with van der Waals surface area (Å²) in [4.78, 5) is 0. The second kappa shape index (κ2) is 5.54. The van der Waals surface area contributed by atoms with E-state index in [1.54, 1.807) is 0 Å². The Labute approximate surface area is 75.5 Å². The number of hydrogen-bond donors (Lipinski definition) is 1. The van der Waals surface area contributed by atoms with Gasteiger partial charge in [-0.3, -0.25) is 0 Å². The van der Waals surface area contributed by atoms with Crippen molar-refractivity contribution in [2.75, 3.05) is 19.1 Å². The molecule has 3 nitrogen and oxygen atoms in total. The van der Waals surface area contributed by atoms with Gasteiger partial charge in [0.2, 0.25) is 0 Å². The highest BCUT2D eigenvalue weighted by Crippen LogP contribution is 2.02. The third-order valence-corrected chi connectivity index (χ3v) is 3.00. The van der Waals surface area contributed by atoms with Crippen molar-refractivity contribution in [1.82, 2.24) is 5.32 Å². The Hall–Kier alpha value is -0.0900. The van der Waals surface area contributed by atoms with Gasteiger partial charge < -0.3 is 5.32 Å². The Bertz CT molecular complexity index is 195. The van der Waals surface area contributed by atoms with E-state index in [0.29, 0.717) is 11.8 Å². The van der Waals surface area contributed by atoms with Crippen molar-refractivity contribution in [2.45, 2.75) is 32.2 Å². The second-order valence-electron chi connectivity index (χ2n) is 3.17. The summed E-state index contributed by atoms with van der Waals surface area (Å²) in [5.41, 5.74) is 0. The summed E-state index contributed by atoms with van der Waals surface area (Å²) in [5.74, 6) is 0.311. The predicted octanol–water partition coefficient (Wildman–Crippen LogP) is 0.809. The summed E-state index contributed by atoms with van der Waals surface area (Å²) in [6, 6.07) is 0.465. The Morgan fingerprint density at radius 3 is 2.33 bits per heavy atom. The molecule has 0 aliphatic carbocycles. The van der Waals surface area contributed by atoms with Crippen LogP contribution in [-0.2, 0) is 9.84 Å². The average Bonchev–Trinajstić information content (AvgIpc) is 1.96. The SMILES string of the molecule is CCC(CCCS(C)(=O)=O)NC. The summed E-state index contributed by atoms with van der Waals surface area (Å²) < 4.78 is 21.5. The molecule has 1 unspecified atom stereocenters. The zero-order chi connectivity index (χ0) is 9.61. The molecule has 4 heteroatoms. The molecule has 0 radical (unpaired) electrons. The highest BCUT2D eigenvalue weighted by Gasteiger charge is 2.05. The van der Waals surface area contributed by atoms with E-state index in [1.807, 2.05) is 7.05 Å². The molecule has 74 valence electrons. The molecule has 0 aromatic heterocycles. The largest absolute Gasteiger partial charge is 0.317 e. The maximum Gasteiger partial charge on any atom is 0.147 e. The number of nitrogens with one attached hydrogen (secondary N) is 1. The summed E-state index contributed by atoms with van der Waals surface area (Å²) in [7, 11) is -0.853. The van der Waals surface area contributed by atoms with E-state index in [9.17, 15) is 8.42 Å². The number of hydrogen-bond acceptors (Lipinski definition) is 3. The lowest BCUT2D eigenvalue weighted by molar-refractivity contribution is 0.501. The minimum Gasteiger partial charge on any atom is -0.317 e. The van der Waals surface area contributed by atoms with E-state index in [2.05, 4.69) is 12.2 Å². The first-order valence-electron chi connectivity index (χ1n) is 4.34. The molecule has 1 atom stereocenters. The molecule has 0 heterocycles. The maximum absolute atomic E-state index is 10.8. The Kier molecular flexibility index (Phi) is 5.50. The lowest BCUT2D eigenvalue weighted by Crippen LogP contribution is -2.24. The molecule has 0 amide bonds. The van der Waals surface area contributed by atoms with Crippen molar-refractivity contribution in [2.24, 2.45) is 0 Å². The van der Waals surface area contributed by atoms with Gasteiger partial charge in [0, 0.05) is 18.1 Å². The Morgan fingerprint density at radius 1 is 1.42 bits per heavy atom. The lowest BCUT2D eigenvalue weighted by Gasteiger charge is -2.12. The van der Waals surface area contributed by atoms with Crippen LogP contribution in [0.4, 0.5) is 0 Å². The van der Waals surface area contributed by atoms with Crippen LogP contribution in [-0.4, -0.2) is 33.5 Å². The predicted molar refractivity (Wildman–Crippen MR) is 52.1 cm³/mol. The lowest BCUT2D eigenvalue weighted by atomic mass is 10.1. The van der Waals surface area contributed by atoms with Crippen molar-refractivity contribution in [3.05, 3.63) is 0 Å². The van der Waals surface area contributed by atoms with E-state index in [0.717, 1.165) is 19.3 Å². The average molecular weight is 193 g/mol. The van der Waals surface area contributed by atoms with Gasteiger partial charge in [-0.25, -0.2) is 8.42 Å². The molecule has 0 aliphatic heterocycles. The quantitative estimate of drug-likeness (QED) is 0.679. The van der Waals surface area contributed by atoms with Crippen LogP contribution in [0, 0.1) is 0 Å². The van der Waals surface area contributed by atoms with Crippen LogP contribution in [0.5, 0.6) is 0 Å². The van der Waals surface area contributed by atoms with Crippen LogP contribution in [0.1, 0.15) is 26.2 Å². The molecule has 0 rings (SSSR count). The fraction of sp³-hybridized carbons (Fsp3) is 1.00. The van der Waals surface area contributed by atoms with E-state index >= 15 is 0 Å². The van der Waals surface area contributed by atoms with E-state index in [1.165, 1.54) is 6.26 Å². The first-order valence-corrected chi connectivity index (χ1v) is 6.40. The Morgan fingerprint density at radius 2 is 2.00 bits per heavy atom. The van der Waals surface area contributed by atoms with Gasteiger partial charge in [-0.15, -0.1) is 0 Å². The van der Waals surface area contributed by atoms with Gasteiger partial charge in [-0.2, -0.15) is 0 Å². The minimum atomic E-state index is -2.76. The third kappa shape index (κ3) is 6.61. The van der Waals surface area contributed by atoms with Gasteiger partial charge in [-0.05, 0) is 26.3 Å². The van der Waals surface area contributed by atoms with Crippen molar-refractivity contribution < 1.29 is 8.42 Å². The molecule has 12 heavy (non-hydrogen) atoms. The van der Waals surface area contributed by atoms with Gasteiger partial charge in [0.1, 0.15) is 9.84 Å². The summed E-state index contributed by atoms with van der Waals surface area (Å²) in [6.07, 6.45) is 4.05. The first-order chi connectivity index (χ1) is 5.49. The van der Waals surface area contributed by atoms with Crippen molar-refractivity contribution in [1.29, 1.82) is 0 Å². The molecule has 0 fully saturated rings. The van der Waals surface area contributed by atoms with Crippen LogP contribution in [0.15, 0.2) is 0 Å². The summed E-state index contributed by atoms with van der Waals surface area (Å²) in [6.45, 7) is 2.10. The van der Waals surface area contributed by atoms with Gasteiger partial charge in [-0.1, -0.05) is 6.92 Å². The fourth-order valence-corrected chi connectivity index (χ4v) is 1.84. The highest BCUT2D eigenvalue weighted by molar-refractivity contribution is 7.90. The smallest absolute Gasteiger partial charge is 0.147 e. The van der Waals surface area contributed by atoms with Crippen LogP contribution < -0.4 is 5.32 Å². The summed E-state index contributed by atoms with van der Waals surface area (Å²) in [5, 5.41) is 3.14. The zero-order valence-corrected chi connectivity index (χ0v) is 8.95. The minimum absolute atomic E-state index is 0.311. The molecule has 0 aliphatic rings. The van der Waals surface area contributed by atoms with Crippen molar-refractivity contribution >= 4 is 9.84 Å². The molecule has 0 bridgehead atoms. The highest BCUT2D eigenvalue weighted by atomic mass is 32.2. The number of sulfone groups is 1. The Balaban J connectivity index is 3.55. The molecule has 1 N–H and O–H groups in total. The van der Waals surface area contributed by atoms with Crippen LogP contribution >= 0.6 is 0 Å². The maximum atomic E-state index is 10.8. The van der Waals surface area contributed by atoms with E-state index < -0.39 is 9.84 Å². The van der Waals surface area contributed by atoms with E-state index in [4.69, 9.17) is 0 Å². The van der Waals surface area contributed by atoms with Crippen LogP contribution in [0.3, 0.4) is 0 Å². The van der Waals surface area contributed by atoms with Crippen molar-refractivity contribution in [3.63, 3.8) is 0 Å². The molecular formula is C8H19NO2S. The zero-order valence-electron chi connectivity index (χ0n) is 8.13.